The van der Waals surface area contributed by atoms with Crippen molar-refractivity contribution in [2.24, 2.45) is 5.92 Å². The number of nitrogens with zero attached hydrogens (tertiary/aromatic N) is 4. The Balaban J connectivity index is 1.47. The van der Waals surface area contributed by atoms with E-state index in [0.717, 1.165) is 49.2 Å². The van der Waals surface area contributed by atoms with E-state index in [2.05, 4.69) is 26.3 Å². The molecule has 1 fully saturated rings. The minimum absolute atomic E-state index is 0.00273. The van der Waals surface area contributed by atoms with Crippen LogP contribution in [0.2, 0.25) is 0 Å². The van der Waals surface area contributed by atoms with E-state index in [1.165, 1.54) is 4.88 Å². The number of hydrogen-bond acceptors (Lipinski definition) is 6. The molecule has 6 nitrogen and oxygen atoms in total. The van der Waals surface area contributed by atoms with Gasteiger partial charge in [0.15, 0.2) is 0 Å². The highest BCUT2D eigenvalue weighted by atomic mass is 32.1. The van der Waals surface area contributed by atoms with Crippen molar-refractivity contribution < 1.29 is 4.79 Å². The zero-order valence-corrected chi connectivity index (χ0v) is 14.7. The van der Waals surface area contributed by atoms with Crippen molar-refractivity contribution >= 4 is 28.2 Å². The second kappa shape index (κ2) is 6.81. The van der Waals surface area contributed by atoms with Crippen LogP contribution in [-0.4, -0.2) is 29.0 Å². The van der Waals surface area contributed by atoms with Crippen LogP contribution in [0.25, 0.3) is 0 Å². The molecule has 0 bridgehead atoms. The van der Waals surface area contributed by atoms with Crippen LogP contribution in [-0.2, 0) is 17.6 Å². The summed E-state index contributed by atoms with van der Waals surface area (Å²) in [5.74, 6) is 0.561. The molecule has 0 radical (unpaired) electrons. The van der Waals surface area contributed by atoms with Crippen LogP contribution in [0.3, 0.4) is 0 Å². The maximum atomic E-state index is 12.8. The standard InChI is InChI=1S/C18H19N5OS/c19-10-14-13-5-1-6-15(13)25-17(14)22-16(24)12-4-2-9-23(11-12)18-20-7-3-8-21-18/h3,7-8,12H,1-2,4-6,9,11H2,(H,22,24)/t12-/m0/s1. The minimum atomic E-state index is -0.110. The van der Waals surface area contributed by atoms with E-state index >= 15 is 0 Å². The lowest BCUT2D eigenvalue weighted by atomic mass is 9.97. The van der Waals surface area contributed by atoms with Gasteiger partial charge in [0, 0.05) is 30.4 Å². The second-order valence-corrected chi connectivity index (χ2v) is 7.60. The molecule has 1 atom stereocenters. The van der Waals surface area contributed by atoms with Gasteiger partial charge in [0.25, 0.3) is 0 Å². The summed E-state index contributed by atoms with van der Waals surface area (Å²) in [4.78, 5) is 24.6. The Morgan fingerprint density at radius 3 is 2.96 bits per heavy atom. The highest BCUT2D eigenvalue weighted by molar-refractivity contribution is 7.16. The van der Waals surface area contributed by atoms with Gasteiger partial charge in [-0.25, -0.2) is 9.97 Å². The number of aryl methyl sites for hydroxylation is 1. The molecule has 2 aromatic rings. The third-order valence-electron chi connectivity index (χ3n) is 4.90. The van der Waals surface area contributed by atoms with Gasteiger partial charge < -0.3 is 10.2 Å². The molecule has 25 heavy (non-hydrogen) atoms. The lowest BCUT2D eigenvalue weighted by Crippen LogP contribution is -2.41. The molecular formula is C18H19N5OS. The van der Waals surface area contributed by atoms with E-state index in [1.807, 2.05) is 0 Å². The minimum Gasteiger partial charge on any atom is -0.340 e. The summed E-state index contributed by atoms with van der Waals surface area (Å²) in [5, 5.41) is 13.2. The van der Waals surface area contributed by atoms with Gasteiger partial charge >= 0.3 is 0 Å². The first-order valence-corrected chi connectivity index (χ1v) is 9.45. The summed E-state index contributed by atoms with van der Waals surface area (Å²) < 4.78 is 0. The van der Waals surface area contributed by atoms with Crippen molar-refractivity contribution in [1.29, 1.82) is 5.26 Å². The van der Waals surface area contributed by atoms with Crippen molar-refractivity contribution in [3.63, 3.8) is 0 Å². The summed E-state index contributed by atoms with van der Waals surface area (Å²) >= 11 is 1.57. The molecule has 2 aromatic heterocycles. The van der Waals surface area contributed by atoms with Gasteiger partial charge in [-0.15, -0.1) is 11.3 Å². The lowest BCUT2D eigenvalue weighted by Gasteiger charge is -2.31. The SMILES string of the molecule is N#Cc1c(NC(=O)[C@H]2CCCN(c3ncccn3)C2)sc2c1CCC2. The molecule has 0 saturated carbocycles. The Kier molecular flexibility index (Phi) is 4.36. The third kappa shape index (κ3) is 3.10. The summed E-state index contributed by atoms with van der Waals surface area (Å²) in [6, 6.07) is 4.07. The zero-order chi connectivity index (χ0) is 17.2. The number of nitriles is 1. The van der Waals surface area contributed by atoms with Crippen LogP contribution in [0.15, 0.2) is 18.5 Å². The number of fused-ring (bicyclic) bond motifs is 1. The highest BCUT2D eigenvalue weighted by Crippen LogP contribution is 2.39. The quantitative estimate of drug-likeness (QED) is 0.917. The summed E-state index contributed by atoms with van der Waals surface area (Å²) in [6.07, 6.45) is 8.31. The van der Waals surface area contributed by atoms with Gasteiger partial charge in [0.05, 0.1) is 11.5 Å². The van der Waals surface area contributed by atoms with Crippen molar-refractivity contribution in [2.75, 3.05) is 23.3 Å². The Bertz CT molecular complexity index is 826. The number of anilines is 2. The first kappa shape index (κ1) is 16.0. The Hall–Kier alpha value is -2.46. The fraction of sp³-hybridized carbons (Fsp3) is 0.444. The van der Waals surface area contributed by atoms with E-state index in [9.17, 15) is 10.1 Å². The lowest BCUT2D eigenvalue weighted by molar-refractivity contribution is -0.120. The van der Waals surface area contributed by atoms with Crippen LogP contribution < -0.4 is 10.2 Å². The van der Waals surface area contributed by atoms with Gasteiger partial charge in [-0.05, 0) is 43.7 Å². The van der Waals surface area contributed by atoms with Gasteiger partial charge in [-0.2, -0.15) is 5.26 Å². The predicted octanol–water partition coefficient (Wildman–Crippen LogP) is 2.75. The summed E-state index contributed by atoms with van der Waals surface area (Å²) in [7, 11) is 0. The smallest absolute Gasteiger partial charge is 0.229 e. The van der Waals surface area contributed by atoms with E-state index in [0.29, 0.717) is 18.1 Å². The highest BCUT2D eigenvalue weighted by Gasteiger charge is 2.29. The first-order chi connectivity index (χ1) is 12.3. The fourth-order valence-corrected chi connectivity index (χ4v) is 4.89. The van der Waals surface area contributed by atoms with Gasteiger partial charge in [-0.1, -0.05) is 0 Å². The molecule has 3 heterocycles. The van der Waals surface area contributed by atoms with Crippen molar-refractivity contribution in [3.8, 4) is 6.07 Å². The Labute approximate surface area is 150 Å². The zero-order valence-electron chi connectivity index (χ0n) is 13.9. The Morgan fingerprint density at radius 1 is 1.32 bits per heavy atom. The fourth-order valence-electron chi connectivity index (χ4n) is 3.65. The molecule has 1 amide bonds. The summed E-state index contributed by atoms with van der Waals surface area (Å²) in [6.45, 7) is 1.48. The average Bonchev–Trinajstić information content (AvgIpc) is 3.23. The van der Waals surface area contributed by atoms with Crippen LogP contribution in [0.4, 0.5) is 10.9 Å². The third-order valence-corrected chi connectivity index (χ3v) is 6.10. The predicted molar refractivity (Wildman–Crippen MR) is 96.7 cm³/mol. The Morgan fingerprint density at radius 2 is 2.16 bits per heavy atom. The number of piperidine rings is 1. The van der Waals surface area contributed by atoms with Crippen LogP contribution >= 0.6 is 11.3 Å². The molecule has 128 valence electrons. The van der Waals surface area contributed by atoms with E-state index in [1.54, 1.807) is 29.8 Å². The maximum Gasteiger partial charge on any atom is 0.229 e. The number of rotatable bonds is 3. The van der Waals surface area contributed by atoms with E-state index in [-0.39, 0.29) is 11.8 Å². The number of aromatic nitrogens is 2. The van der Waals surface area contributed by atoms with E-state index in [4.69, 9.17) is 0 Å². The molecule has 1 saturated heterocycles. The van der Waals surface area contributed by atoms with Crippen molar-refractivity contribution in [3.05, 3.63) is 34.5 Å². The van der Waals surface area contributed by atoms with E-state index < -0.39 is 0 Å². The topological polar surface area (TPSA) is 81.9 Å². The molecule has 1 aliphatic heterocycles. The first-order valence-electron chi connectivity index (χ1n) is 8.63. The normalized spacial score (nSPS) is 19.3. The number of carbonyl (C=O) groups excluding carboxylic acids is 1. The number of carbonyl (C=O) groups is 1. The molecule has 0 spiro atoms. The number of hydrogen-bond donors (Lipinski definition) is 1. The number of amides is 1. The summed E-state index contributed by atoms with van der Waals surface area (Å²) in [5.41, 5.74) is 1.82. The molecule has 1 aliphatic carbocycles. The molecule has 0 aromatic carbocycles. The molecule has 4 rings (SSSR count). The van der Waals surface area contributed by atoms with Gasteiger partial charge in [0.2, 0.25) is 11.9 Å². The molecule has 0 unspecified atom stereocenters. The number of thiophene rings is 1. The largest absolute Gasteiger partial charge is 0.340 e. The molecule has 1 N–H and O–H groups in total. The van der Waals surface area contributed by atoms with Crippen LogP contribution in [0, 0.1) is 17.2 Å². The molecule has 2 aliphatic rings. The average molecular weight is 353 g/mol. The van der Waals surface area contributed by atoms with Crippen LogP contribution in [0.5, 0.6) is 0 Å². The van der Waals surface area contributed by atoms with Crippen LogP contribution in [0.1, 0.15) is 35.3 Å². The maximum absolute atomic E-state index is 12.8. The molecular weight excluding hydrogens is 334 g/mol. The number of nitrogens with one attached hydrogen (secondary N) is 1. The van der Waals surface area contributed by atoms with Crippen molar-refractivity contribution in [1.82, 2.24) is 9.97 Å². The second-order valence-electron chi connectivity index (χ2n) is 6.50. The molecule has 7 heteroatoms. The monoisotopic (exact) mass is 353 g/mol. The van der Waals surface area contributed by atoms with Gasteiger partial charge in [-0.3, -0.25) is 4.79 Å². The van der Waals surface area contributed by atoms with Gasteiger partial charge in [0.1, 0.15) is 11.1 Å². The van der Waals surface area contributed by atoms with Crippen molar-refractivity contribution in [2.45, 2.75) is 32.1 Å².